The molecule has 0 fully saturated rings. The molecule has 2 heterocycles. The fraction of sp³-hybridized carbons (Fsp3) is 0.0526. The van der Waals surface area contributed by atoms with Crippen molar-refractivity contribution in [3.8, 4) is 11.8 Å². The number of aryl methyl sites for hydroxylation is 1. The number of anilines is 2. The van der Waals surface area contributed by atoms with E-state index in [0.29, 0.717) is 11.4 Å². The Bertz CT molecular complexity index is 1100. The Kier molecular flexibility index (Phi) is 3.60. The van der Waals surface area contributed by atoms with Gasteiger partial charge in [0.2, 0.25) is 0 Å². The third-order valence-corrected chi connectivity index (χ3v) is 3.84. The summed E-state index contributed by atoms with van der Waals surface area (Å²) in [6.07, 6.45) is 1.54. The Balaban J connectivity index is 1.80. The maximum atomic E-state index is 9.12. The van der Waals surface area contributed by atoms with E-state index in [-0.39, 0.29) is 0 Å². The van der Waals surface area contributed by atoms with Crippen LogP contribution in [-0.2, 0) is 0 Å². The standard InChI is InChI=1S/C19H14N6/c1-13-9-18(25(24-13)15-6-4-5-14(10-15)11-20)23-19-16-7-2-3-8-17(16)21-12-22-19/h2-10,12H,1H3,(H,21,22,23). The van der Waals surface area contributed by atoms with Crippen molar-refractivity contribution in [2.75, 3.05) is 5.32 Å². The van der Waals surface area contributed by atoms with Crippen LogP contribution in [0.15, 0.2) is 60.9 Å². The highest BCUT2D eigenvalue weighted by molar-refractivity contribution is 5.90. The van der Waals surface area contributed by atoms with Crippen LogP contribution in [0.3, 0.4) is 0 Å². The van der Waals surface area contributed by atoms with Gasteiger partial charge in [-0.3, -0.25) is 0 Å². The zero-order valence-electron chi connectivity index (χ0n) is 13.5. The van der Waals surface area contributed by atoms with E-state index in [2.05, 4.69) is 26.5 Å². The molecule has 0 aliphatic heterocycles. The number of nitriles is 1. The molecule has 120 valence electrons. The van der Waals surface area contributed by atoms with E-state index in [9.17, 15) is 0 Å². The molecule has 25 heavy (non-hydrogen) atoms. The van der Waals surface area contributed by atoms with Gasteiger partial charge in [0, 0.05) is 11.5 Å². The highest BCUT2D eigenvalue weighted by atomic mass is 15.3. The molecule has 0 amide bonds. The Morgan fingerprint density at radius 1 is 1.04 bits per heavy atom. The number of nitrogens with zero attached hydrogens (tertiary/aromatic N) is 5. The third kappa shape index (κ3) is 2.79. The first-order valence-electron chi connectivity index (χ1n) is 7.78. The summed E-state index contributed by atoms with van der Waals surface area (Å²) in [5.41, 5.74) is 3.13. The van der Waals surface area contributed by atoms with Crippen LogP contribution in [0.5, 0.6) is 0 Å². The summed E-state index contributed by atoms with van der Waals surface area (Å²) < 4.78 is 1.77. The number of rotatable bonds is 3. The molecule has 0 radical (unpaired) electrons. The first-order valence-corrected chi connectivity index (χ1v) is 7.78. The fourth-order valence-corrected chi connectivity index (χ4v) is 2.72. The van der Waals surface area contributed by atoms with Gasteiger partial charge in [0.15, 0.2) is 0 Å². The van der Waals surface area contributed by atoms with E-state index in [4.69, 9.17) is 5.26 Å². The highest BCUT2D eigenvalue weighted by Gasteiger charge is 2.11. The summed E-state index contributed by atoms with van der Waals surface area (Å²) in [7, 11) is 0. The third-order valence-electron chi connectivity index (χ3n) is 3.84. The second-order valence-corrected chi connectivity index (χ2v) is 5.61. The monoisotopic (exact) mass is 326 g/mol. The van der Waals surface area contributed by atoms with Crippen LogP contribution in [0, 0.1) is 18.3 Å². The zero-order chi connectivity index (χ0) is 17.2. The molecular formula is C19H14N6. The number of fused-ring (bicyclic) bond motifs is 1. The number of hydrogen-bond acceptors (Lipinski definition) is 5. The van der Waals surface area contributed by atoms with Crippen LogP contribution >= 0.6 is 0 Å². The number of hydrogen-bond donors (Lipinski definition) is 1. The highest BCUT2D eigenvalue weighted by Crippen LogP contribution is 2.25. The van der Waals surface area contributed by atoms with Crippen molar-refractivity contribution in [2.24, 2.45) is 0 Å². The molecule has 4 aromatic rings. The molecule has 0 saturated heterocycles. The van der Waals surface area contributed by atoms with Crippen molar-refractivity contribution in [1.82, 2.24) is 19.7 Å². The van der Waals surface area contributed by atoms with E-state index < -0.39 is 0 Å². The lowest BCUT2D eigenvalue weighted by Crippen LogP contribution is -2.04. The van der Waals surface area contributed by atoms with Crippen LogP contribution in [0.25, 0.3) is 16.6 Å². The van der Waals surface area contributed by atoms with E-state index in [1.165, 1.54) is 6.33 Å². The molecule has 0 saturated carbocycles. The Morgan fingerprint density at radius 2 is 1.92 bits per heavy atom. The molecule has 0 unspecified atom stereocenters. The summed E-state index contributed by atoms with van der Waals surface area (Å²) in [4.78, 5) is 8.65. The van der Waals surface area contributed by atoms with Crippen LogP contribution < -0.4 is 5.32 Å². The summed E-state index contributed by atoms with van der Waals surface area (Å²) in [5.74, 6) is 1.49. The number of nitrogens with one attached hydrogen (secondary N) is 1. The van der Waals surface area contributed by atoms with Crippen LogP contribution in [0.1, 0.15) is 11.3 Å². The summed E-state index contributed by atoms with van der Waals surface area (Å²) >= 11 is 0. The average Bonchev–Trinajstić information content (AvgIpc) is 3.02. The normalized spacial score (nSPS) is 10.6. The van der Waals surface area contributed by atoms with Gasteiger partial charge in [-0.1, -0.05) is 18.2 Å². The Labute approximate surface area is 144 Å². The maximum absolute atomic E-state index is 9.12. The minimum Gasteiger partial charge on any atom is -0.324 e. The Morgan fingerprint density at radius 3 is 2.80 bits per heavy atom. The predicted molar refractivity (Wildman–Crippen MR) is 95.8 cm³/mol. The van der Waals surface area contributed by atoms with Gasteiger partial charge in [0.25, 0.3) is 0 Å². The van der Waals surface area contributed by atoms with Crippen molar-refractivity contribution in [3.63, 3.8) is 0 Å². The molecule has 0 spiro atoms. The van der Waals surface area contributed by atoms with Crippen molar-refractivity contribution >= 4 is 22.5 Å². The van der Waals surface area contributed by atoms with Gasteiger partial charge in [0.05, 0.1) is 28.5 Å². The van der Waals surface area contributed by atoms with Crippen LogP contribution in [-0.4, -0.2) is 19.7 Å². The van der Waals surface area contributed by atoms with E-state index in [1.807, 2.05) is 49.4 Å². The van der Waals surface area contributed by atoms with E-state index >= 15 is 0 Å². The molecule has 2 aromatic carbocycles. The smallest absolute Gasteiger partial charge is 0.142 e. The van der Waals surface area contributed by atoms with Crippen LogP contribution in [0.4, 0.5) is 11.6 Å². The quantitative estimate of drug-likeness (QED) is 0.620. The molecule has 0 aliphatic rings. The number of aromatic nitrogens is 4. The average molecular weight is 326 g/mol. The topological polar surface area (TPSA) is 79.4 Å². The van der Waals surface area contributed by atoms with Crippen LogP contribution in [0.2, 0.25) is 0 Å². The summed E-state index contributed by atoms with van der Waals surface area (Å²) in [6, 6.07) is 19.2. The molecule has 0 aliphatic carbocycles. The lowest BCUT2D eigenvalue weighted by Gasteiger charge is -2.11. The lowest BCUT2D eigenvalue weighted by atomic mass is 10.2. The second-order valence-electron chi connectivity index (χ2n) is 5.61. The molecule has 4 rings (SSSR count). The van der Waals surface area contributed by atoms with Crippen molar-refractivity contribution < 1.29 is 0 Å². The fourth-order valence-electron chi connectivity index (χ4n) is 2.72. The molecule has 0 bridgehead atoms. The van der Waals surface area contributed by atoms with Gasteiger partial charge in [-0.25, -0.2) is 14.6 Å². The minimum absolute atomic E-state index is 0.587. The molecule has 1 N–H and O–H groups in total. The SMILES string of the molecule is Cc1cc(Nc2ncnc3ccccc23)n(-c2cccc(C#N)c2)n1. The molecular weight excluding hydrogens is 312 g/mol. The van der Waals surface area contributed by atoms with E-state index in [1.54, 1.807) is 16.8 Å². The molecule has 0 atom stereocenters. The molecule has 6 nitrogen and oxygen atoms in total. The van der Waals surface area contributed by atoms with Crippen molar-refractivity contribution in [3.05, 3.63) is 72.2 Å². The van der Waals surface area contributed by atoms with Gasteiger partial charge in [0.1, 0.15) is 18.0 Å². The summed E-state index contributed by atoms with van der Waals surface area (Å²) in [6.45, 7) is 1.92. The Hall–Kier alpha value is -3.72. The van der Waals surface area contributed by atoms with Gasteiger partial charge in [-0.2, -0.15) is 10.4 Å². The van der Waals surface area contributed by atoms with Gasteiger partial charge in [-0.15, -0.1) is 0 Å². The molecule has 6 heteroatoms. The van der Waals surface area contributed by atoms with Crippen molar-refractivity contribution in [1.29, 1.82) is 5.26 Å². The minimum atomic E-state index is 0.587. The predicted octanol–water partition coefficient (Wildman–Crippen LogP) is 3.74. The van der Waals surface area contributed by atoms with Gasteiger partial charge < -0.3 is 5.32 Å². The number of benzene rings is 2. The first kappa shape index (κ1) is 14.8. The van der Waals surface area contributed by atoms with Gasteiger partial charge in [-0.05, 0) is 37.3 Å². The maximum Gasteiger partial charge on any atom is 0.142 e. The van der Waals surface area contributed by atoms with Crippen molar-refractivity contribution in [2.45, 2.75) is 6.92 Å². The largest absolute Gasteiger partial charge is 0.324 e. The zero-order valence-corrected chi connectivity index (χ0v) is 13.5. The van der Waals surface area contributed by atoms with E-state index in [0.717, 1.165) is 28.1 Å². The second kappa shape index (κ2) is 6.06. The number of para-hydroxylation sites is 1. The van der Waals surface area contributed by atoms with Gasteiger partial charge >= 0.3 is 0 Å². The lowest BCUT2D eigenvalue weighted by molar-refractivity contribution is 0.868. The molecule has 2 aromatic heterocycles. The summed E-state index contributed by atoms with van der Waals surface area (Å²) in [5, 5.41) is 17.9. The first-order chi connectivity index (χ1) is 12.2.